The molecule has 0 saturated heterocycles. The van der Waals surface area contributed by atoms with Crippen LogP contribution in [0.15, 0.2) is 66.7 Å². The van der Waals surface area contributed by atoms with E-state index in [9.17, 15) is 0 Å². The molecule has 0 aliphatic heterocycles. The lowest BCUT2D eigenvalue weighted by atomic mass is 9.81. The fourth-order valence-electron chi connectivity index (χ4n) is 3.71. The minimum atomic E-state index is 0.0752. The summed E-state index contributed by atoms with van der Waals surface area (Å²) in [4.78, 5) is 0. The summed E-state index contributed by atoms with van der Waals surface area (Å²) >= 11 is 0. The van der Waals surface area contributed by atoms with Gasteiger partial charge in [0.25, 0.3) is 0 Å². The van der Waals surface area contributed by atoms with Crippen LogP contribution in [0.5, 0.6) is 0 Å². The van der Waals surface area contributed by atoms with Crippen molar-refractivity contribution in [3.05, 3.63) is 83.4 Å². The Labute approximate surface area is 132 Å². The highest BCUT2D eigenvalue weighted by Crippen LogP contribution is 2.49. The summed E-state index contributed by atoms with van der Waals surface area (Å²) in [6.07, 6.45) is 0. The van der Waals surface area contributed by atoms with E-state index in [-0.39, 0.29) is 5.41 Å². The van der Waals surface area contributed by atoms with Gasteiger partial charge in [0.2, 0.25) is 0 Å². The van der Waals surface area contributed by atoms with Gasteiger partial charge in [-0.2, -0.15) is 0 Å². The van der Waals surface area contributed by atoms with E-state index < -0.39 is 0 Å². The summed E-state index contributed by atoms with van der Waals surface area (Å²) < 4.78 is 0. The molecule has 1 aliphatic carbocycles. The highest BCUT2D eigenvalue weighted by Gasteiger charge is 2.35. The van der Waals surface area contributed by atoms with Crippen LogP contribution in [0.1, 0.15) is 30.5 Å². The Kier molecular flexibility index (Phi) is 2.77. The molecule has 0 N–H and O–H groups in total. The lowest BCUT2D eigenvalue weighted by molar-refractivity contribution is 0.660. The molecular weight excluding hydrogens is 264 g/mol. The fourth-order valence-corrected chi connectivity index (χ4v) is 3.71. The van der Waals surface area contributed by atoms with Crippen LogP contribution < -0.4 is 0 Å². The van der Waals surface area contributed by atoms with Gasteiger partial charge in [0.15, 0.2) is 0 Å². The second kappa shape index (κ2) is 4.58. The van der Waals surface area contributed by atoms with Crippen molar-refractivity contribution in [3.8, 4) is 22.3 Å². The largest absolute Gasteiger partial charge is 0.0619 e. The molecule has 1 aliphatic rings. The Morgan fingerprint density at radius 2 is 1.36 bits per heavy atom. The fraction of sp³-hybridized carbons (Fsp3) is 0.182. The van der Waals surface area contributed by atoms with Gasteiger partial charge in [0, 0.05) is 5.41 Å². The summed E-state index contributed by atoms with van der Waals surface area (Å²) in [6.45, 7) is 6.81. The number of aryl methyl sites for hydroxylation is 1. The van der Waals surface area contributed by atoms with Crippen molar-refractivity contribution in [2.24, 2.45) is 0 Å². The molecule has 0 fully saturated rings. The minimum Gasteiger partial charge on any atom is -0.0619 e. The third-order valence-electron chi connectivity index (χ3n) is 4.93. The maximum atomic E-state index is 2.38. The first kappa shape index (κ1) is 13.3. The predicted molar refractivity (Wildman–Crippen MR) is 94.2 cm³/mol. The van der Waals surface area contributed by atoms with Crippen molar-refractivity contribution in [2.45, 2.75) is 26.2 Å². The van der Waals surface area contributed by atoms with Gasteiger partial charge in [-0.25, -0.2) is 0 Å². The molecule has 0 saturated carbocycles. The zero-order chi connectivity index (χ0) is 15.3. The summed E-state index contributed by atoms with van der Waals surface area (Å²) in [5, 5.41) is 0. The van der Waals surface area contributed by atoms with Gasteiger partial charge in [0.05, 0.1) is 0 Å². The molecule has 0 bridgehead atoms. The average Bonchev–Trinajstić information content (AvgIpc) is 2.76. The molecule has 108 valence electrons. The Morgan fingerprint density at radius 3 is 2.18 bits per heavy atom. The molecule has 0 nitrogen and oxygen atoms in total. The molecule has 0 radical (unpaired) electrons. The molecule has 0 atom stereocenters. The normalized spacial score (nSPS) is 14.5. The van der Waals surface area contributed by atoms with Crippen LogP contribution in [-0.4, -0.2) is 0 Å². The smallest absolute Gasteiger partial charge is 0.0159 e. The number of hydrogen-bond acceptors (Lipinski definition) is 0. The van der Waals surface area contributed by atoms with Crippen LogP contribution in [0.2, 0.25) is 0 Å². The molecular formula is C22H20. The molecule has 0 heteroatoms. The van der Waals surface area contributed by atoms with Crippen LogP contribution in [0.3, 0.4) is 0 Å². The van der Waals surface area contributed by atoms with E-state index in [1.807, 2.05) is 0 Å². The highest BCUT2D eigenvalue weighted by molar-refractivity contribution is 5.83. The summed E-state index contributed by atoms with van der Waals surface area (Å²) in [6, 6.07) is 24.5. The van der Waals surface area contributed by atoms with Crippen molar-refractivity contribution < 1.29 is 0 Å². The lowest BCUT2D eigenvalue weighted by Crippen LogP contribution is -2.14. The summed E-state index contributed by atoms with van der Waals surface area (Å²) in [5.41, 5.74) is 9.64. The maximum absolute atomic E-state index is 2.38. The predicted octanol–water partition coefficient (Wildman–Crippen LogP) is 5.97. The van der Waals surface area contributed by atoms with Crippen LogP contribution in [0, 0.1) is 6.92 Å². The third-order valence-corrected chi connectivity index (χ3v) is 4.93. The van der Waals surface area contributed by atoms with E-state index in [2.05, 4.69) is 87.5 Å². The van der Waals surface area contributed by atoms with Gasteiger partial charge >= 0.3 is 0 Å². The first-order chi connectivity index (χ1) is 10.6. The Hall–Kier alpha value is -2.34. The van der Waals surface area contributed by atoms with Gasteiger partial charge in [-0.1, -0.05) is 80.1 Å². The topological polar surface area (TPSA) is 0 Å². The van der Waals surface area contributed by atoms with Gasteiger partial charge in [-0.3, -0.25) is 0 Å². The van der Waals surface area contributed by atoms with E-state index in [4.69, 9.17) is 0 Å². The van der Waals surface area contributed by atoms with Crippen LogP contribution in [0.25, 0.3) is 22.3 Å². The van der Waals surface area contributed by atoms with Crippen LogP contribution in [-0.2, 0) is 5.41 Å². The number of benzene rings is 3. The first-order valence-electron chi connectivity index (χ1n) is 7.89. The van der Waals surface area contributed by atoms with Crippen molar-refractivity contribution in [3.63, 3.8) is 0 Å². The van der Waals surface area contributed by atoms with Gasteiger partial charge in [0.1, 0.15) is 0 Å². The standard InChI is InChI=1S/C22H20/c1-15-7-6-8-16(13-15)17-11-12-19-18-9-4-5-10-20(18)22(2,3)21(19)14-17/h4-14H,1-3H3. The zero-order valence-electron chi connectivity index (χ0n) is 13.4. The number of hydrogen-bond donors (Lipinski definition) is 0. The maximum Gasteiger partial charge on any atom is 0.0159 e. The number of fused-ring (bicyclic) bond motifs is 3. The molecule has 0 aromatic heterocycles. The van der Waals surface area contributed by atoms with Gasteiger partial charge in [-0.15, -0.1) is 0 Å². The van der Waals surface area contributed by atoms with Crippen molar-refractivity contribution in [2.75, 3.05) is 0 Å². The van der Waals surface area contributed by atoms with E-state index in [1.165, 1.54) is 38.9 Å². The van der Waals surface area contributed by atoms with Crippen molar-refractivity contribution in [1.29, 1.82) is 0 Å². The molecule has 4 rings (SSSR count). The van der Waals surface area contributed by atoms with E-state index in [0.29, 0.717) is 0 Å². The van der Waals surface area contributed by atoms with E-state index in [1.54, 1.807) is 0 Å². The molecule has 0 unspecified atom stereocenters. The van der Waals surface area contributed by atoms with Crippen LogP contribution >= 0.6 is 0 Å². The Bertz CT molecular complexity index is 869. The van der Waals surface area contributed by atoms with Gasteiger partial charge < -0.3 is 0 Å². The SMILES string of the molecule is Cc1cccc(-c2ccc3c(c2)C(C)(C)c2ccccc2-3)c1. The zero-order valence-corrected chi connectivity index (χ0v) is 13.4. The molecule has 0 spiro atoms. The van der Waals surface area contributed by atoms with Gasteiger partial charge in [-0.05, 0) is 46.4 Å². The third kappa shape index (κ3) is 1.84. The molecule has 0 amide bonds. The molecule has 3 aromatic rings. The monoisotopic (exact) mass is 284 g/mol. The first-order valence-corrected chi connectivity index (χ1v) is 7.89. The minimum absolute atomic E-state index is 0.0752. The average molecular weight is 284 g/mol. The summed E-state index contributed by atoms with van der Waals surface area (Å²) in [7, 11) is 0. The lowest BCUT2D eigenvalue weighted by Gasteiger charge is -2.22. The molecule has 0 heterocycles. The van der Waals surface area contributed by atoms with Crippen LogP contribution in [0.4, 0.5) is 0 Å². The quantitative estimate of drug-likeness (QED) is 0.516. The Morgan fingerprint density at radius 1 is 0.636 bits per heavy atom. The van der Waals surface area contributed by atoms with Crippen molar-refractivity contribution in [1.82, 2.24) is 0 Å². The summed E-state index contributed by atoms with van der Waals surface area (Å²) in [5.74, 6) is 0. The van der Waals surface area contributed by atoms with Crippen molar-refractivity contribution >= 4 is 0 Å². The molecule has 3 aromatic carbocycles. The molecule has 22 heavy (non-hydrogen) atoms. The Balaban J connectivity index is 1.92. The number of rotatable bonds is 1. The van der Waals surface area contributed by atoms with E-state index in [0.717, 1.165) is 0 Å². The second-order valence-corrected chi connectivity index (χ2v) is 6.80. The second-order valence-electron chi connectivity index (χ2n) is 6.80. The van der Waals surface area contributed by atoms with E-state index >= 15 is 0 Å². The highest BCUT2D eigenvalue weighted by atomic mass is 14.4.